The molecule has 0 aliphatic carbocycles. The minimum absolute atomic E-state index is 0.310. The summed E-state index contributed by atoms with van der Waals surface area (Å²) in [5.74, 6) is -0.349. The lowest BCUT2D eigenvalue weighted by Gasteiger charge is -2.32. The Morgan fingerprint density at radius 2 is 1.89 bits per heavy atom. The fraction of sp³-hybridized carbons (Fsp3) is 0.462. The molecule has 0 aliphatic heterocycles. The summed E-state index contributed by atoms with van der Waals surface area (Å²) in [6, 6.07) is 7.62. The molecule has 3 rings (SSSR count). The van der Waals surface area contributed by atoms with Crippen LogP contribution in [0.5, 0.6) is 0 Å². The van der Waals surface area contributed by atoms with E-state index in [0.717, 1.165) is 11.9 Å². The van der Waals surface area contributed by atoms with Crippen LogP contribution in [-0.2, 0) is 16.1 Å². The number of halogens is 2. The summed E-state index contributed by atoms with van der Waals surface area (Å²) < 4.78 is 7.69. The molecule has 3 aromatic rings. The summed E-state index contributed by atoms with van der Waals surface area (Å²) in [6.07, 6.45) is 2.32. The van der Waals surface area contributed by atoms with Crippen LogP contribution in [0.15, 0.2) is 42.9 Å². The predicted octanol–water partition coefficient (Wildman–Crippen LogP) is 5.44. The first-order valence-electron chi connectivity index (χ1n) is 12.2. The molecule has 0 saturated heterocycles. The first-order chi connectivity index (χ1) is 17.5. The quantitative estimate of drug-likeness (QED) is 0.310. The molecule has 0 fully saturated rings. The Morgan fingerprint density at radius 3 is 2.54 bits per heavy atom. The maximum absolute atomic E-state index is 13.0. The van der Waals surface area contributed by atoms with Crippen LogP contribution in [0.2, 0.25) is 10.0 Å². The molecule has 2 aromatic heterocycles. The number of aliphatic hydroxyl groups excluding tert-OH is 1. The van der Waals surface area contributed by atoms with E-state index in [1.807, 2.05) is 32.3 Å². The van der Waals surface area contributed by atoms with Gasteiger partial charge in [0.25, 0.3) is 5.91 Å². The van der Waals surface area contributed by atoms with Gasteiger partial charge in [0.05, 0.1) is 40.0 Å². The molecule has 2 heterocycles. The fourth-order valence-electron chi connectivity index (χ4n) is 3.73. The molecule has 200 valence electrons. The Labute approximate surface area is 226 Å². The number of nitrogens with zero attached hydrogens (tertiary/aromatic N) is 3. The van der Waals surface area contributed by atoms with E-state index in [-0.39, 0.29) is 0 Å². The Bertz CT molecular complexity index is 1210. The van der Waals surface area contributed by atoms with Crippen LogP contribution >= 0.6 is 23.2 Å². The van der Waals surface area contributed by atoms with Crippen molar-refractivity contribution in [2.45, 2.75) is 71.8 Å². The number of benzene rings is 1. The molecule has 1 aromatic carbocycles. The zero-order chi connectivity index (χ0) is 27.2. The van der Waals surface area contributed by atoms with Gasteiger partial charge in [0.1, 0.15) is 11.9 Å². The number of alkyl carbamates (subject to hydrolysis) is 1. The molecule has 3 atom stereocenters. The Hall–Kier alpha value is -2.88. The maximum atomic E-state index is 13.0. The Balaban J connectivity index is 1.72. The largest absolute Gasteiger partial charge is 0.444 e. The summed E-state index contributed by atoms with van der Waals surface area (Å²) in [4.78, 5) is 34.1. The minimum atomic E-state index is -1.49. The van der Waals surface area contributed by atoms with Gasteiger partial charge in [-0.15, -0.1) is 0 Å². The van der Waals surface area contributed by atoms with E-state index in [1.54, 1.807) is 36.7 Å². The third-order valence-corrected chi connectivity index (χ3v) is 6.70. The second kappa shape index (κ2) is 12.6. The summed E-state index contributed by atoms with van der Waals surface area (Å²) >= 11 is 12.3. The zero-order valence-electron chi connectivity index (χ0n) is 21.4. The summed E-state index contributed by atoms with van der Waals surface area (Å²) in [5.41, 5.74) is 1.00. The molecular weight excluding hydrogens is 517 g/mol. The minimum Gasteiger partial charge on any atom is -0.444 e. The lowest BCUT2D eigenvalue weighted by atomic mass is 9.89. The lowest BCUT2D eigenvalue weighted by Crippen LogP contribution is -2.50. The highest BCUT2D eigenvalue weighted by molar-refractivity contribution is 6.42. The number of hydrogen-bond acceptors (Lipinski definition) is 6. The van der Waals surface area contributed by atoms with Crippen LogP contribution in [0.4, 0.5) is 10.6 Å². The number of carbonyl (C=O) groups is 2. The number of unbranched alkanes of at least 4 members (excludes halogenated alkanes) is 1. The van der Waals surface area contributed by atoms with Crippen LogP contribution in [0.25, 0.3) is 11.0 Å². The predicted molar refractivity (Wildman–Crippen MR) is 145 cm³/mol. The maximum Gasteiger partial charge on any atom is 0.407 e. The third-order valence-electron chi connectivity index (χ3n) is 5.98. The molecule has 37 heavy (non-hydrogen) atoms. The first kappa shape index (κ1) is 28.7. The molecule has 0 bridgehead atoms. The van der Waals surface area contributed by atoms with E-state index in [0.29, 0.717) is 40.8 Å². The third kappa shape index (κ3) is 7.80. The second-order valence-electron chi connectivity index (χ2n) is 9.95. The van der Waals surface area contributed by atoms with Gasteiger partial charge >= 0.3 is 6.09 Å². The van der Waals surface area contributed by atoms with Gasteiger partial charge in [-0.05, 0) is 30.7 Å². The number of aromatic nitrogens is 3. The van der Waals surface area contributed by atoms with Crippen molar-refractivity contribution in [3.8, 4) is 0 Å². The number of ether oxygens (including phenoxy) is 1. The number of nitrogens with one attached hydrogen (secondary N) is 2. The molecule has 0 spiro atoms. The van der Waals surface area contributed by atoms with E-state index in [9.17, 15) is 14.7 Å². The monoisotopic (exact) mass is 549 g/mol. The second-order valence-corrected chi connectivity index (χ2v) is 10.8. The molecular formula is C26H33Cl2N5O4. The highest BCUT2D eigenvalue weighted by atomic mass is 35.5. The molecule has 0 saturated carbocycles. The highest BCUT2D eigenvalue weighted by Gasteiger charge is 2.32. The normalized spacial score (nSPS) is 14.1. The van der Waals surface area contributed by atoms with Crippen molar-refractivity contribution in [3.63, 3.8) is 0 Å². The van der Waals surface area contributed by atoms with Gasteiger partial charge in [0.2, 0.25) is 0 Å². The Morgan fingerprint density at radius 1 is 1.16 bits per heavy atom. The van der Waals surface area contributed by atoms with Crippen molar-refractivity contribution in [2.24, 2.45) is 5.41 Å². The molecule has 9 nitrogen and oxygen atoms in total. The average molecular weight is 550 g/mol. The van der Waals surface area contributed by atoms with E-state index in [4.69, 9.17) is 27.9 Å². The number of hydrogen-bond donors (Lipinski definition) is 3. The van der Waals surface area contributed by atoms with Crippen molar-refractivity contribution in [1.29, 1.82) is 0 Å². The van der Waals surface area contributed by atoms with E-state index in [2.05, 4.69) is 20.6 Å². The van der Waals surface area contributed by atoms with Crippen molar-refractivity contribution in [2.75, 3.05) is 5.32 Å². The number of imidazole rings is 1. The van der Waals surface area contributed by atoms with Crippen LogP contribution in [0.3, 0.4) is 0 Å². The smallest absolute Gasteiger partial charge is 0.407 e. The Kier molecular flexibility index (Phi) is 9.75. The van der Waals surface area contributed by atoms with Gasteiger partial charge in [0.15, 0.2) is 6.10 Å². The van der Waals surface area contributed by atoms with Crippen molar-refractivity contribution < 1.29 is 19.4 Å². The van der Waals surface area contributed by atoms with Gasteiger partial charge in [-0.1, -0.05) is 69.8 Å². The van der Waals surface area contributed by atoms with E-state index in [1.165, 1.54) is 6.20 Å². The van der Waals surface area contributed by atoms with Crippen LogP contribution in [0.1, 0.15) is 47.0 Å². The first-order valence-corrected chi connectivity index (χ1v) is 12.9. The molecule has 0 aliphatic rings. The number of fused-ring (bicyclic) bond motifs is 1. The van der Waals surface area contributed by atoms with E-state index < -0.39 is 35.7 Å². The molecule has 0 radical (unpaired) electrons. The van der Waals surface area contributed by atoms with Gasteiger partial charge < -0.3 is 25.0 Å². The fourth-order valence-corrected chi connectivity index (χ4v) is 4.05. The summed E-state index contributed by atoms with van der Waals surface area (Å²) in [6.45, 7) is 8.17. The van der Waals surface area contributed by atoms with Crippen molar-refractivity contribution in [3.05, 3.63) is 52.9 Å². The number of aliphatic hydroxyl groups is 1. The lowest BCUT2D eigenvalue weighted by molar-refractivity contribution is -0.125. The van der Waals surface area contributed by atoms with Crippen molar-refractivity contribution in [1.82, 2.24) is 19.9 Å². The molecule has 0 unspecified atom stereocenters. The summed E-state index contributed by atoms with van der Waals surface area (Å²) in [7, 11) is 0. The molecule has 11 heteroatoms. The standard InChI is InChI=1S/C26H33Cl2N5O4/c1-5-6-9-18(23(34)24(35)32-22-10-7-8-11-29-22)31-25(36)37-21(26(2,3)4)14-33-15-30-19-12-16(27)17(28)13-20(19)33/h7-8,10-13,15,18,21,23,34H,5-6,9,14H2,1-4H3,(H,31,36)(H,29,32,35)/t18-,21+,23+/m0/s1. The molecule has 2 amide bonds. The van der Waals surface area contributed by atoms with Gasteiger partial charge in [0, 0.05) is 11.6 Å². The zero-order valence-corrected chi connectivity index (χ0v) is 22.9. The summed E-state index contributed by atoms with van der Waals surface area (Å²) in [5, 5.41) is 16.8. The number of amides is 2. The van der Waals surface area contributed by atoms with Gasteiger partial charge in [-0.3, -0.25) is 4.79 Å². The van der Waals surface area contributed by atoms with Gasteiger partial charge in [-0.2, -0.15) is 0 Å². The number of carbonyl (C=O) groups excluding carboxylic acids is 2. The van der Waals surface area contributed by atoms with Crippen LogP contribution < -0.4 is 10.6 Å². The van der Waals surface area contributed by atoms with Gasteiger partial charge in [-0.25, -0.2) is 14.8 Å². The number of anilines is 1. The highest BCUT2D eigenvalue weighted by Crippen LogP contribution is 2.29. The topological polar surface area (TPSA) is 118 Å². The SMILES string of the molecule is CCCC[C@H](NC(=O)O[C@H](Cn1cnc2cc(Cl)c(Cl)cc21)C(C)(C)C)[C@@H](O)C(=O)Nc1ccccn1. The number of rotatable bonds is 10. The van der Waals surface area contributed by atoms with Crippen molar-refractivity contribution >= 4 is 52.1 Å². The van der Waals surface area contributed by atoms with Crippen LogP contribution in [-0.4, -0.2) is 49.9 Å². The van der Waals surface area contributed by atoms with Crippen LogP contribution in [0, 0.1) is 5.41 Å². The average Bonchev–Trinajstić information content (AvgIpc) is 3.22. The van der Waals surface area contributed by atoms with E-state index >= 15 is 0 Å². The number of pyridine rings is 1. The molecule has 3 N–H and O–H groups in total.